The van der Waals surface area contributed by atoms with Crippen LogP contribution in [0, 0.1) is 5.92 Å². The minimum Gasteiger partial charge on any atom is -0.481 e. The fourth-order valence-electron chi connectivity index (χ4n) is 1.50. The zero-order valence-electron chi connectivity index (χ0n) is 9.75. The molecule has 0 spiro atoms. The van der Waals surface area contributed by atoms with Gasteiger partial charge in [-0.2, -0.15) is 9.61 Å². The van der Waals surface area contributed by atoms with Crippen molar-refractivity contribution in [3.05, 3.63) is 10.8 Å². The van der Waals surface area contributed by atoms with E-state index in [0.29, 0.717) is 12.3 Å². The average molecular weight is 254 g/mol. The molecule has 2 aromatic heterocycles. The van der Waals surface area contributed by atoms with E-state index in [-0.39, 0.29) is 6.42 Å². The number of aryl methyl sites for hydroxylation is 1. The van der Waals surface area contributed by atoms with Crippen molar-refractivity contribution < 1.29 is 9.90 Å². The monoisotopic (exact) mass is 254 g/mol. The average Bonchev–Trinajstić information content (AvgIpc) is 2.76. The molecule has 0 amide bonds. The molecule has 17 heavy (non-hydrogen) atoms. The van der Waals surface area contributed by atoms with Crippen molar-refractivity contribution >= 4 is 22.3 Å². The molecular formula is C10H14N4O2S. The molecule has 0 aliphatic heterocycles. The molecule has 2 aromatic rings. The summed E-state index contributed by atoms with van der Waals surface area (Å²) in [6, 6.07) is 0. The van der Waals surface area contributed by atoms with Gasteiger partial charge in [-0.05, 0) is 5.92 Å². The first-order chi connectivity index (χ1) is 8.06. The summed E-state index contributed by atoms with van der Waals surface area (Å²) in [5, 5.41) is 21.9. The summed E-state index contributed by atoms with van der Waals surface area (Å²) in [5.74, 6) is 0.526. The molecule has 1 N–H and O–H groups in total. The number of aromatic nitrogens is 4. The molecule has 0 saturated heterocycles. The quantitative estimate of drug-likeness (QED) is 0.872. The van der Waals surface area contributed by atoms with Gasteiger partial charge in [-0.3, -0.25) is 4.79 Å². The highest BCUT2D eigenvalue weighted by Crippen LogP contribution is 2.16. The molecule has 2 rings (SSSR count). The Kier molecular flexibility index (Phi) is 3.37. The number of hydrogen-bond acceptors (Lipinski definition) is 5. The summed E-state index contributed by atoms with van der Waals surface area (Å²) in [4.78, 5) is 11.2. The molecule has 0 bridgehead atoms. The van der Waals surface area contributed by atoms with Gasteiger partial charge in [0, 0.05) is 12.8 Å². The van der Waals surface area contributed by atoms with E-state index < -0.39 is 5.97 Å². The summed E-state index contributed by atoms with van der Waals surface area (Å²) in [7, 11) is 0. The summed E-state index contributed by atoms with van der Waals surface area (Å²) >= 11 is 1.40. The Morgan fingerprint density at radius 1 is 1.47 bits per heavy atom. The normalized spacial score (nSPS) is 11.5. The predicted molar refractivity (Wildman–Crippen MR) is 63.2 cm³/mol. The van der Waals surface area contributed by atoms with Crippen molar-refractivity contribution in [2.75, 3.05) is 0 Å². The van der Waals surface area contributed by atoms with Crippen LogP contribution in [-0.2, 0) is 17.6 Å². The van der Waals surface area contributed by atoms with E-state index in [0.717, 1.165) is 22.2 Å². The number of hydrogen-bond donors (Lipinski definition) is 1. The van der Waals surface area contributed by atoms with E-state index in [1.54, 1.807) is 4.52 Å². The van der Waals surface area contributed by atoms with Crippen molar-refractivity contribution in [3.63, 3.8) is 0 Å². The lowest BCUT2D eigenvalue weighted by atomic mass is 10.1. The second-order valence-electron chi connectivity index (χ2n) is 4.30. The summed E-state index contributed by atoms with van der Waals surface area (Å²) in [5.41, 5.74) is 0. The van der Waals surface area contributed by atoms with E-state index in [9.17, 15) is 4.79 Å². The van der Waals surface area contributed by atoms with Crippen LogP contribution in [0.1, 0.15) is 31.1 Å². The number of carboxylic acids is 1. The van der Waals surface area contributed by atoms with Crippen molar-refractivity contribution in [1.29, 1.82) is 0 Å². The second kappa shape index (κ2) is 4.79. The smallest absolute Gasteiger partial charge is 0.303 e. The van der Waals surface area contributed by atoms with Crippen molar-refractivity contribution in [2.45, 2.75) is 33.1 Å². The van der Waals surface area contributed by atoms with Crippen molar-refractivity contribution in [3.8, 4) is 0 Å². The molecule has 0 aliphatic carbocycles. The SMILES string of the molecule is CC(C)Cc1nnc2sc(CCC(=O)O)nn12. The number of nitrogens with zero attached hydrogens (tertiary/aromatic N) is 4. The Morgan fingerprint density at radius 2 is 2.24 bits per heavy atom. The number of rotatable bonds is 5. The summed E-state index contributed by atoms with van der Waals surface area (Å²) in [6.07, 6.45) is 1.37. The van der Waals surface area contributed by atoms with Crippen molar-refractivity contribution in [1.82, 2.24) is 19.8 Å². The number of carbonyl (C=O) groups is 1. The highest BCUT2D eigenvalue weighted by Gasteiger charge is 2.13. The van der Waals surface area contributed by atoms with Crippen LogP contribution < -0.4 is 0 Å². The third-order valence-corrected chi connectivity index (χ3v) is 3.20. The molecule has 0 fully saturated rings. The lowest BCUT2D eigenvalue weighted by molar-refractivity contribution is -0.136. The van der Waals surface area contributed by atoms with Gasteiger partial charge < -0.3 is 5.11 Å². The predicted octanol–water partition coefficient (Wildman–Crippen LogP) is 1.40. The van der Waals surface area contributed by atoms with Crippen LogP contribution >= 0.6 is 11.3 Å². The molecular weight excluding hydrogens is 240 g/mol. The first-order valence-corrected chi connectivity index (χ1v) is 6.29. The summed E-state index contributed by atoms with van der Waals surface area (Å²) in [6.45, 7) is 4.22. The Balaban J connectivity index is 2.19. The summed E-state index contributed by atoms with van der Waals surface area (Å²) < 4.78 is 1.72. The van der Waals surface area contributed by atoms with Crippen LogP contribution in [0.25, 0.3) is 4.96 Å². The van der Waals surface area contributed by atoms with E-state index in [4.69, 9.17) is 5.11 Å². The standard InChI is InChI=1S/C10H14N4O2S/c1-6(2)5-7-11-12-10-14(7)13-8(17-10)3-4-9(15)16/h6H,3-5H2,1-2H3,(H,15,16). The third-order valence-electron chi connectivity index (χ3n) is 2.24. The molecule has 92 valence electrons. The van der Waals surface area contributed by atoms with Crippen LogP contribution in [0.2, 0.25) is 0 Å². The van der Waals surface area contributed by atoms with Gasteiger partial charge in [-0.1, -0.05) is 25.2 Å². The highest BCUT2D eigenvalue weighted by atomic mass is 32.1. The van der Waals surface area contributed by atoms with Gasteiger partial charge in [0.25, 0.3) is 0 Å². The largest absolute Gasteiger partial charge is 0.481 e. The van der Waals surface area contributed by atoms with Crippen LogP contribution in [-0.4, -0.2) is 30.9 Å². The number of aliphatic carboxylic acids is 1. The zero-order chi connectivity index (χ0) is 12.4. The maximum Gasteiger partial charge on any atom is 0.303 e. The highest BCUT2D eigenvalue weighted by molar-refractivity contribution is 7.16. The molecule has 0 atom stereocenters. The molecule has 2 heterocycles. The molecule has 0 radical (unpaired) electrons. The molecule has 7 heteroatoms. The fourth-order valence-corrected chi connectivity index (χ4v) is 2.36. The minimum atomic E-state index is -0.807. The molecule has 0 aromatic carbocycles. The molecule has 6 nitrogen and oxygen atoms in total. The number of carboxylic acid groups (broad SMARTS) is 1. The molecule has 0 saturated carbocycles. The van der Waals surface area contributed by atoms with E-state index in [1.165, 1.54) is 11.3 Å². The lowest BCUT2D eigenvalue weighted by Crippen LogP contribution is -2.02. The Labute approximate surface area is 102 Å². The van der Waals surface area contributed by atoms with Gasteiger partial charge in [-0.15, -0.1) is 10.2 Å². The first-order valence-electron chi connectivity index (χ1n) is 5.48. The lowest BCUT2D eigenvalue weighted by Gasteiger charge is -1.99. The van der Waals surface area contributed by atoms with Gasteiger partial charge in [0.15, 0.2) is 5.82 Å². The van der Waals surface area contributed by atoms with Gasteiger partial charge in [-0.25, -0.2) is 0 Å². The van der Waals surface area contributed by atoms with Crippen LogP contribution in [0.3, 0.4) is 0 Å². The molecule has 0 aliphatic rings. The second-order valence-corrected chi connectivity index (χ2v) is 5.34. The van der Waals surface area contributed by atoms with E-state index in [2.05, 4.69) is 29.1 Å². The minimum absolute atomic E-state index is 0.101. The fraction of sp³-hybridized carbons (Fsp3) is 0.600. The van der Waals surface area contributed by atoms with Crippen molar-refractivity contribution in [2.24, 2.45) is 5.92 Å². The van der Waals surface area contributed by atoms with E-state index >= 15 is 0 Å². The van der Waals surface area contributed by atoms with Crippen LogP contribution in [0.5, 0.6) is 0 Å². The third kappa shape index (κ3) is 2.79. The zero-order valence-corrected chi connectivity index (χ0v) is 10.6. The maximum atomic E-state index is 10.5. The van der Waals surface area contributed by atoms with Gasteiger partial charge in [0.1, 0.15) is 5.01 Å². The first kappa shape index (κ1) is 12.0. The van der Waals surface area contributed by atoms with Gasteiger partial charge in [0.05, 0.1) is 6.42 Å². The van der Waals surface area contributed by atoms with Crippen LogP contribution in [0.15, 0.2) is 0 Å². The topological polar surface area (TPSA) is 80.4 Å². The van der Waals surface area contributed by atoms with Gasteiger partial charge in [0.2, 0.25) is 4.96 Å². The number of fused-ring (bicyclic) bond motifs is 1. The Morgan fingerprint density at radius 3 is 2.88 bits per heavy atom. The molecule has 0 unspecified atom stereocenters. The maximum absolute atomic E-state index is 10.5. The Hall–Kier alpha value is -1.50. The van der Waals surface area contributed by atoms with E-state index in [1.807, 2.05) is 0 Å². The van der Waals surface area contributed by atoms with Crippen LogP contribution in [0.4, 0.5) is 0 Å². The van der Waals surface area contributed by atoms with Gasteiger partial charge >= 0.3 is 5.97 Å². The Bertz CT molecular complexity index is 531.